The largest absolute Gasteiger partial charge is 0.349 e. The molecule has 0 saturated carbocycles. The van der Waals surface area contributed by atoms with Crippen LogP contribution in [0.2, 0.25) is 0 Å². The predicted octanol–water partition coefficient (Wildman–Crippen LogP) is 1.32. The highest BCUT2D eigenvalue weighted by Gasteiger charge is 2.17. The Bertz CT molecular complexity index is 235. The third-order valence-electron chi connectivity index (χ3n) is 3.63. The first-order valence-electron chi connectivity index (χ1n) is 7.29. The summed E-state index contributed by atoms with van der Waals surface area (Å²) in [7, 11) is 3.64. The van der Waals surface area contributed by atoms with Crippen LogP contribution < -0.4 is 5.32 Å². The normalized spacial score (nSPS) is 17.9. The van der Waals surface area contributed by atoms with Crippen molar-refractivity contribution in [1.29, 1.82) is 0 Å². The number of likely N-dealkylation sites (tertiary alicyclic amines) is 1. The van der Waals surface area contributed by atoms with Gasteiger partial charge in [0, 0.05) is 26.6 Å². The number of nitrogens with zero attached hydrogens (tertiary/aromatic N) is 2. The molecule has 0 bridgehead atoms. The molecule has 1 N–H and O–H groups in total. The molecular formula is C14H29N3O. The number of carbonyl (C=O) groups is 1. The van der Waals surface area contributed by atoms with Gasteiger partial charge in [0.2, 0.25) is 5.91 Å². The van der Waals surface area contributed by atoms with Crippen LogP contribution in [0, 0.1) is 0 Å². The van der Waals surface area contributed by atoms with E-state index in [1.807, 2.05) is 14.1 Å². The predicted molar refractivity (Wildman–Crippen MR) is 75.7 cm³/mol. The van der Waals surface area contributed by atoms with Crippen molar-refractivity contribution in [2.24, 2.45) is 0 Å². The number of hydrogen-bond donors (Lipinski definition) is 1. The lowest BCUT2D eigenvalue weighted by Gasteiger charge is -2.32. The molecule has 0 aromatic carbocycles. The first-order valence-corrected chi connectivity index (χ1v) is 7.29. The van der Waals surface area contributed by atoms with Crippen LogP contribution in [0.25, 0.3) is 0 Å². The molecule has 18 heavy (non-hydrogen) atoms. The van der Waals surface area contributed by atoms with Crippen molar-refractivity contribution in [1.82, 2.24) is 15.1 Å². The van der Waals surface area contributed by atoms with E-state index in [4.69, 9.17) is 0 Å². The summed E-state index contributed by atoms with van der Waals surface area (Å²) in [5, 5.41) is 3.58. The second-order valence-electron chi connectivity index (χ2n) is 5.46. The first-order chi connectivity index (χ1) is 8.63. The topological polar surface area (TPSA) is 35.6 Å². The van der Waals surface area contributed by atoms with Crippen LogP contribution in [0.3, 0.4) is 0 Å². The van der Waals surface area contributed by atoms with Crippen molar-refractivity contribution in [3.8, 4) is 0 Å². The number of piperidine rings is 1. The molecule has 1 aliphatic rings. The van der Waals surface area contributed by atoms with Gasteiger partial charge in [0.05, 0.1) is 0 Å². The second kappa shape index (κ2) is 8.48. The summed E-state index contributed by atoms with van der Waals surface area (Å²) in [5.41, 5.74) is 0. The van der Waals surface area contributed by atoms with Gasteiger partial charge in [-0.25, -0.2) is 0 Å². The van der Waals surface area contributed by atoms with Crippen LogP contribution in [0.5, 0.6) is 0 Å². The van der Waals surface area contributed by atoms with Crippen LogP contribution in [-0.4, -0.2) is 62.0 Å². The highest BCUT2D eigenvalue weighted by atomic mass is 16.2. The summed E-state index contributed by atoms with van der Waals surface area (Å²) in [6, 6.07) is 0.660. The van der Waals surface area contributed by atoms with E-state index in [1.54, 1.807) is 4.90 Å². The van der Waals surface area contributed by atoms with E-state index in [-0.39, 0.29) is 5.91 Å². The molecule has 1 fully saturated rings. The lowest BCUT2D eigenvalue weighted by atomic mass is 10.0. The van der Waals surface area contributed by atoms with Crippen LogP contribution in [0.4, 0.5) is 0 Å². The number of carbonyl (C=O) groups excluding carboxylic acids is 1. The summed E-state index contributed by atoms with van der Waals surface area (Å²) in [5.74, 6) is 0.231. The van der Waals surface area contributed by atoms with Gasteiger partial charge in [-0.2, -0.15) is 0 Å². The summed E-state index contributed by atoms with van der Waals surface area (Å²) in [4.78, 5) is 15.6. The van der Waals surface area contributed by atoms with Crippen molar-refractivity contribution in [3.05, 3.63) is 0 Å². The summed E-state index contributed by atoms with van der Waals surface area (Å²) in [6.07, 6.45) is 5.37. The van der Waals surface area contributed by atoms with Gasteiger partial charge in [-0.3, -0.25) is 4.79 Å². The fraction of sp³-hybridized carbons (Fsp3) is 0.929. The quantitative estimate of drug-likeness (QED) is 0.697. The smallest absolute Gasteiger partial charge is 0.222 e. The van der Waals surface area contributed by atoms with Gasteiger partial charge in [0.25, 0.3) is 0 Å². The molecule has 1 saturated heterocycles. The van der Waals surface area contributed by atoms with Gasteiger partial charge in [-0.05, 0) is 51.9 Å². The summed E-state index contributed by atoms with van der Waals surface area (Å²) < 4.78 is 0. The number of hydrogen-bond acceptors (Lipinski definition) is 3. The van der Waals surface area contributed by atoms with E-state index in [0.29, 0.717) is 12.5 Å². The Balaban J connectivity index is 2.02. The Morgan fingerprint density at radius 2 is 2.00 bits per heavy atom. The molecule has 0 atom stereocenters. The lowest BCUT2D eigenvalue weighted by Crippen LogP contribution is -2.43. The van der Waals surface area contributed by atoms with E-state index in [9.17, 15) is 4.79 Å². The highest BCUT2D eigenvalue weighted by molar-refractivity contribution is 5.75. The van der Waals surface area contributed by atoms with Gasteiger partial charge >= 0.3 is 0 Å². The van der Waals surface area contributed by atoms with Crippen molar-refractivity contribution in [3.63, 3.8) is 0 Å². The molecule has 0 unspecified atom stereocenters. The summed E-state index contributed by atoms with van der Waals surface area (Å²) >= 11 is 0. The van der Waals surface area contributed by atoms with Gasteiger partial charge in [-0.15, -0.1) is 0 Å². The van der Waals surface area contributed by atoms with Gasteiger partial charge in [-0.1, -0.05) is 6.92 Å². The minimum atomic E-state index is 0.231. The molecule has 0 spiro atoms. The first kappa shape index (κ1) is 15.4. The molecule has 0 aromatic rings. The molecular weight excluding hydrogens is 226 g/mol. The van der Waals surface area contributed by atoms with E-state index in [0.717, 1.165) is 13.0 Å². The zero-order valence-corrected chi connectivity index (χ0v) is 12.2. The minimum absolute atomic E-state index is 0.231. The van der Waals surface area contributed by atoms with E-state index >= 15 is 0 Å². The molecule has 106 valence electrons. The van der Waals surface area contributed by atoms with E-state index < -0.39 is 0 Å². The Hall–Kier alpha value is -0.610. The lowest BCUT2D eigenvalue weighted by molar-refractivity contribution is -0.128. The maximum absolute atomic E-state index is 11.4. The second-order valence-corrected chi connectivity index (χ2v) is 5.46. The average Bonchev–Trinajstić information content (AvgIpc) is 2.36. The molecule has 0 radical (unpaired) electrons. The molecule has 0 aliphatic carbocycles. The fourth-order valence-corrected chi connectivity index (χ4v) is 2.45. The zero-order chi connectivity index (χ0) is 13.4. The highest BCUT2D eigenvalue weighted by Crippen LogP contribution is 2.10. The Labute approximate surface area is 112 Å². The van der Waals surface area contributed by atoms with E-state index in [2.05, 4.69) is 17.1 Å². The monoisotopic (exact) mass is 255 g/mol. The van der Waals surface area contributed by atoms with Crippen molar-refractivity contribution in [2.75, 3.05) is 40.3 Å². The molecule has 1 heterocycles. The van der Waals surface area contributed by atoms with Gasteiger partial charge in [0.1, 0.15) is 0 Å². The standard InChI is InChI=1S/C14H29N3O/c1-4-10-17-11-7-13(8-12-17)15-9-5-6-14(18)16(2)3/h13,15H,4-12H2,1-3H3. The number of amides is 1. The maximum atomic E-state index is 11.4. The number of nitrogens with one attached hydrogen (secondary N) is 1. The van der Waals surface area contributed by atoms with Crippen molar-refractivity contribution >= 4 is 5.91 Å². The van der Waals surface area contributed by atoms with Crippen molar-refractivity contribution < 1.29 is 4.79 Å². The molecule has 4 nitrogen and oxygen atoms in total. The Morgan fingerprint density at radius 3 is 2.56 bits per heavy atom. The Kier molecular flexibility index (Phi) is 7.28. The van der Waals surface area contributed by atoms with Gasteiger partial charge in [0.15, 0.2) is 0 Å². The third kappa shape index (κ3) is 5.83. The molecule has 1 aliphatic heterocycles. The minimum Gasteiger partial charge on any atom is -0.349 e. The average molecular weight is 255 g/mol. The van der Waals surface area contributed by atoms with Crippen LogP contribution in [-0.2, 0) is 4.79 Å². The zero-order valence-electron chi connectivity index (χ0n) is 12.2. The maximum Gasteiger partial charge on any atom is 0.222 e. The SMILES string of the molecule is CCCN1CCC(NCCCC(=O)N(C)C)CC1. The Morgan fingerprint density at radius 1 is 1.33 bits per heavy atom. The molecule has 4 heteroatoms. The third-order valence-corrected chi connectivity index (χ3v) is 3.63. The fourth-order valence-electron chi connectivity index (χ4n) is 2.45. The molecule has 1 amide bonds. The summed E-state index contributed by atoms with van der Waals surface area (Å²) in [6.45, 7) is 6.90. The number of rotatable bonds is 7. The molecule has 1 rings (SSSR count). The van der Waals surface area contributed by atoms with E-state index in [1.165, 1.54) is 38.9 Å². The van der Waals surface area contributed by atoms with Crippen LogP contribution in [0.1, 0.15) is 39.0 Å². The molecule has 0 aromatic heterocycles. The van der Waals surface area contributed by atoms with Gasteiger partial charge < -0.3 is 15.1 Å². The van der Waals surface area contributed by atoms with Crippen molar-refractivity contribution in [2.45, 2.75) is 45.1 Å². The van der Waals surface area contributed by atoms with Crippen LogP contribution >= 0.6 is 0 Å². The van der Waals surface area contributed by atoms with Crippen LogP contribution in [0.15, 0.2) is 0 Å².